The van der Waals surface area contributed by atoms with Crippen LogP contribution >= 0.6 is 0 Å². The van der Waals surface area contributed by atoms with Crippen LogP contribution in [0, 0.1) is 0 Å². The topological polar surface area (TPSA) is 54.0 Å². The molecule has 1 amide bonds. The van der Waals surface area contributed by atoms with Crippen LogP contribution in [0.3, 0.4) is 0 Å². The molecule has 0 bridgehead atoms. The lowest BCUT2D eigenvalue weighted by molar-refractivity contribution is 0.0963. The number of hydrogen-bond donors (Lipinski definition) is 2. The fourth-order valence-electron chi connectivity index (χ4n) is 1.78. The van der Waals surface area contributed by atoms with Gasteiger partial charge in [-0.05, 0) is 17.7 Å². The third kappa shape index (κ3) is 3.68. The van der Waals surface area contributed by atoms with Crippen LogP contribution in [0.15, 0.2) is 54.7 Å². The zero-order valence-corrected chi connectivity index (χ0v) is 11.3. The van der Waals surface area contributed by atoms with Crippen molar-refractivity contribution in [1.29, 1.82) is 0 Å². The lowest BCUT2D eigenvalue weighted by atomic mass is 10.2. The van der Waals surface area contributed by atoms with Gasteiger partial charge >= 0.3 is 0 Å². The summed E-state index contributed by atoms with van der Waals surface area (Å²) in [5, 5.41) is 5.74. The summed E-state index contributed by atoms with van der Waals surface area (Å²) in [6.45, 7) is 0.607. The van der Waals surface area contributed by atoms with E-state index in [1.165, 1.54) is 0 Å². The van der Waals surface area contributed by atoms with Gasteiger partial charge < -0.3 is 10.6 Å². The molecule has 1 heterocycles. The number of hydrogen-bond acceptors (Lipinski definition) is 3. The maximum Gasteiger partial charge on any atom is 0.254 e. The molecule has 1 aromatic carbocycles. The van der Waals surface area contributed by atoms with Gasteiger partial charge in [-0.25, -0.2) is 4.98 Å². The van der Waals surface area contributed by atoms with Crippen LogP contribution < -0.4 is 10.6 Å². The summed E-state index contributed by atoms with van der Waals surface area (Å²) >= 11 is 0. The first-order chi connectivity index (χ1) is 9.81. The minimum absolute atomic E-state index is 0.146. The van der Waals surface area contributed by atoms with Crippen molar-refractivity contribution in [3.8, 4) is 0 Å². The maximum atomic E-state index is 11.7. The normalized spacial score (nSPS) is 10.4. The van der Waals surface area contributed by atoms with Gasteiger partial charge in [0, 0.05) is 19.8 Å². The highest BCUT2D eigenvalue weighted by atomic mass is 16.1. The Bertz CT molecular complexity index is 594. The number of benzene rings is 1. The monoisotopic (exact) mass is 267 g/mol. The second-order valence-electron chi connectivity index (χ2n) is 4.17. The standard InChI is InChI=1S/C16H17N3O/c1-17-16(20)14-10-6-12-19-15(14)18-11-5-9-13-7-3-2-4-8-13/h2-10,12H,11H2,1H3,(H,17,20)(H,18,19)/b9-5+. The van der Waals surface area contributed by atoms with Gasteiger partial charge in [0.2, 0.25) is 0 Å². The van der Waals surface area contributed by atoms with E-state index in [0.29, 0.717) is 17.9 Å². The third-order valence-electron chi connectivity index (χ3n) is 2.78. The number of nitrogens with one attached hydrogen (secondary N) is 2. The fraction of sp³-hybridized carbons (Fsp3) is 0.125. The van der Waals surface area contributed by atoms with Crippen molar-refractivity contribution in [1.82, 2.24) is 10.3 Å². The number of aromatic nitrogens is 1. The molecule has 4 nitrogen and oxygen atoms in total. The van der Waals surface area contributed by atoms with Crippen molar-refractivity contribution in [3.05, 3.63) is 65.9 Å². The molecule has 0 unspecified atom stereocenters. The average molecular weight is 267 g/mol. The third-order valence-corrected chi connectivity index (χ3v) is 2.78. The lowest BCUT2D eigenvalue weighted by Gasteiger charge is -2.07. The number of carbonyl (C=O) groups excluding carboxylic acids is 1. The molecule has 0 radical (unpaired) electrons. The minimum atomic E-state index is -0.146. The summed E-state index contributed by atoms with van der Waals surface area (Å²) < 4.78 is 0. The van der Waals surface area contributed by atoms with Crippen molar-refractivity contribution in [2.24, 2.45) is 0 Å². The Morgan fingerprint density at radius 1 is 1.20 bits per heavy atom. The molecule has 4 heteroatoms. The van der Waals surface area contributed by atoms with Crippen molar-refractivity contribution in [2.45, 2.75) is 0 Å². The molecule has 0 saturated carbocycles. The number of carbonyl (C=O) groups is 1. The van der Waals surface area contributed by atoms with E-state index in [9.17, 15) is 4.79 Å². The zero-order chi connectivity index (χ0) is 14.2. The van der Waals surface area contributed by atoms with E-state index in [0.717, 1.165) is 5.56 Å². The molecule has 0 fully saturated rings. The summed E-state index contributed by atoms with van der Waals surface area (Å²) in [6, 6.07) is 13.5. The van der Waals surface area contributed by atoms with Gasteiger partial charge in [-0.15, -0.1) is 0 Å². The van der Waals surface area contributed by atoms with Gasteiger partial charge in [-0.3, -0.25) is 4.79 Å². The van der Waals surface area contributed by atoms with Gasteiger partial charge in [0.05, 0.1) is 5.56 Å². The van der Waals surface area contributed by atoms with E-state index in [4.69, 9.17) is 0 Å². The van der Waals surface area contributed by atoms with E-state index >= 15 is 0 Å². The van der Waals surface area contributed by atoms with Gasteiger partial charge in [-0.1, -0.05) is 42.5 Å². The summed E-state index contributed by atoms with van der Waals surface area (Å²) in [5.74, 6) is 0.442. The van der Waals surface area contributed by atoms with Crippen LogP contribution in [-0.4, -0.2) is 24.5 Å². The van der Waals surface area contributed by atoms with Crippen molar-refractivity contribution in [2.75, 3.05) is 18.9 Å². The van der Waals surface area contributed by atoms with Gasteiger partial charge in [-0.2, -0.15) is 0 Å². The Hall–Kier alpha value is -2.62. The van der Waals surface area contributed by atoms with E-state index in [1.54, 1.807) is 25.4 Å². The summed E-state index contributed by atoms with van der Waals surface area (Å²) in [5.41, 5.74) is 1.69. The van der Waals surface area contributed by atoms with E-state index in [-0.39, 0.29) is 5.91 Å². The Labute approximate surface area is 118 Å². The Kier molecular flexibility index (Phi) is 4.89. The second-order valence-corrected chi connectivity index (χ2v) is 4.17. The summed E-state index contributed by atoms with van der Waals surface area (Å²) in [4.78, 5) is 15.9. The molecule has 2 aromatic rings. The first kappa shape index (κ1) is 13.8. The van der Waals surface area contributed by atoms with Crippen molar-refractivity contribution >= 4 is 17.8 Å². The molecule has 0 aliphatic rings. The number of nitrogens with zero attached hydrogens (tertiary/aromatic N) is 1. The molecule has 0 aliphatic carbocycles. The molecule has 2 rings (SSSR count). The number of anilines is 1. The maximum absolute atomic E-state index is 11.7. The Morgan fingerprint density at radius 3 is 2.75 bits per heavy atom. The van der Waals surface area contributed by atoms with Crippen LogP contribution in [0.4, 0.5) is 5.82 Å². The van der Waals surface area contributed by atoms with Crippen LogP contribution in [0.2, 0.25) is 0 Å². The largest absolute Gasteiger partial charge is 0.366 e. The van der Waals surface area contributed by atoms with Crippen molar-refractivity contribution < 1.29 is 4.79 Å². The Morgan fingerprint density at radius 2 is 2.00 bits per heavy atom. The van der Waals surface area contributed by atoms with Crippen LogP contribution in [0.25, 0.3) is 6.08 Å². The molecule has 0 atom stereocenters. The number of rotatable bonds is 5. The van der Waals surface area contributed by atoms with Gasteiger partial charge in [0.1, 0.15) is 5.82 Å². The van der Waals surface area contributed by atoms with E-state index in [1.807, 2.05) is 42.5 Å². The van der Waals surface area contributed by atoms with Gasteiger partial charge in [0.15, 0.2) is 0 Å². The summed E-state index contributed by atoms with van der Waals surface area (Å²) in [6.07, 6.45) is 5.68. The summed E-state index contributed by atoms with van der Waals surface area (Å²) in [7, 11) is 1.61. The van der Waals surface area contributed by atoms with E-state index < -0.39 is 0 Å². The smallest absolute Gasteiger partial charge is 0.254 e. The molecular weight excluding hydrogens is 250 g/mol. The number of amides is 1. The van der Waals surface area contributed by atoms with E-state index in [2.05, 4.69) is 15.6 Å². The fourth-order valence-corrected chi connectivity index (χ4v) is 1.78. The highest BCUT2D eigenvalue weighted by Gasteiger charge is 2.08. The predicted octanol–water partition coefficient (Wildman–Crippen LogP) is 2.57. The molecule has 0 aliphatic heterocycles. The first-order valence-corrected chi connectivity index (χ1v) is 6.44. The minimum Gasteiger partial charge on any atom is -0.366 e. The van der Waals surface area contributed by atoms with Crippen LogP contribution in [-0.2, 0) is 0 Å². The van der Waals surface area contributed by atoms with Crippen molar-refractivity contribution in [3.63, 3.8) is 0 Å². The van der Waals surface area contributed by atoms with Crippen LogP contribution in [0.5, 0.6) is 0 Å². The van der Waals surface area contributed by atoms with Gasteiger partial charge in [0.25, 0.3) is 5.91 Å². The molecule has 1 aromatic heterocycles. The molecule has 0 spiro atoms. The van der Waals surface area contributed by atoms with Crippen LogP contribution in [0.1, 0.15) is 15.9 Å². The molecule has 102 valence electrons. The lowest BCUT2D eigenvalue weighted by Crippen LogP contribution is -2.20. The molecule has 20 heavy (non-hydrogen) atoms. The number of pyridine rings is 1. The average Bonchev–Trinajstić information content (AvgIpc) is 2.52. The predicted molar refractivity (Wildman–Crippen MR) is 81.6 cm³/mol. The first-order valence-electron chi connectivity index (χ1n) is 6.44. The second kappa shape index (κ2) is 7.09. The zero-order valence-electron chi connectivity index (χ0n) is 11.3. The molecular formula is C16H17N3O. The molecule has 2 N–H and O–H groups in total. The highest BCUT2D eigenvalue weighted by molar-refractivity contribution is 5.98. The SMILES string of the molecule is CNC(=O)c1cccnc1NC/C=C/c1ccccc1. The quantitative estimate of drug-likeness (QED) is 0.875. The Balaban J connectivity index is 1.98. The molecule has 0 saturated heterocycles. The highest BCUT2D eigenvalue weighted by Crippen LogP contribution is 2.10.